The molecule has 1 aliphatic heterocycles. The Balaban J connectivity index is 1.36. The third-order valence-corrected chi connectivity index (χ3v) is 4.94. The highest BCUT2D eigenvalue weighted by atomic mass is 35.5. The van der Waals surface area contributed by atoms with E-state index in [1.54, 1.807) is 59.2 Å². The Bertz CT molecular complexity index is 1020. The first kappa shape index (κ1) is 18.3. The van der Waals surface area contributed by atoms with Crippen molar-refractivity contribution in [2.24, 2.45) is 0 Å². The van der Waals surface area contributed by atoms with Crippen LogP contribution < -0.4 is 5.32 Å². The van der Waals surface area contributed by atoms with Crippen LogP contribution >= 0.6 is 11.6 Å². The third-order valence-electron chi connectivity index (χ3n) is 4.69. The number of carbonyl (C=O) groups is 2. The van der Waals surface area contributed by atoms with Crippen molar-refractivity contribution in [2.45, 2.75) is 6.92 Å². The molecule has 3 aromatic rings. The number of urea groups is 1. The minimum Gasteiger partial charge on any atom is -0.441 e. The fourth-order valence-corrected chi connectivity index (χ4v) is 3.33. The van der Waals surface area contributed by atoms with Gasteiger partial charge in [0.05, 0.1) is 0 Å². The van der Waals surface area contributed by atoms with Crippen molar-refractivity contribution in [3.05, 3.63) is 58.9 Å². The smallest absolute Gasteiger partial charge is 0.321 e. The van der Waals surface area contributed by atoms with Gasteiger partial charge in [-0.2, -0.15) is 0 Å². The number of anilines is 1. The molecule has 1 aliphatic rings. The number of fused-ring (bicyclic) bond motifs is 1. The molecule has 3 amide bonds. The largest absolute Gasteiger partial charge is 0.441 e. The van der Waals surface area contributed by atoms with Gasteiger partial charge in [0.2, 0.25) is 0 Å². The van der Waals surface area contributed by atoms with Gasteiger partial charge in [0.25, 0.3) is 5.91 Å². The highest BCUT2D eigenvalue weighted by molar-refractivity contribution is 6.30. The lowest BCUT2D eigenvalue weighted by atomic mass is 10.1. The van der Waals surface area contributed by atoms with Crippen LogP contribution in [0.2, 0.25) is 5.02 Å². The maximum atomic E-state index is 12.8. The lowest BCUT2D eigenvalue weighted by Gasteiger charge is -2.34. The molecule has 1 aromatic heterocycles. The molecule has 7 nitrogen and oxygen atoms in total. The third kappa shape index (κ3) is 3.80. The van der Waals surface area contributed by atoms with E-state index in [0.29, 0.717) is 59.4 Å². The van der Waals surface area contributed by atoms with Crippen LogP contribution in [0.3, 0.4) is 0 Å². The van der Waals surface area contributed by atoms with E-state index in [4.69, 9.17) is 16.0 Å². The summed E-state index contributed by atoms with van der Waals surface area (Å²) in [5.41, 5.74) is 2.59. The van der Waals surface area contributed by atoms with E-state index in [1.165, 1.54) is 0 Å². The summed E-state index contributed by atoms with van der Waals surface area (Å²) < 4.78 is 5.45. The lowest BCUT2D eigenvalue weighted by Crippen LogP contribution is -2.51. The standard InChI is InChI=1S/C20H19ClN4O3/c1-13-22-17-12-14(2-7-18(17)28-13)19(26)24-8-10-25(11-9-24)20(27)23-16-5-3-15(21)4-6-16/h2-7,12H,8-11H2,1H3,(H,23,27). The maximum absolute atomic E-state index is 12.8. The van der Waals surface area contributed by atoms with Crippen molar-refractivity contribution < 1.29 is 14.0 Å². The lowest BCUT2D eigenvalue weighted by molar-refractivity contribution is 0.0672. The molecular formula is C20H19ClN4O3. The summed E-state index contributed by atoms with van der Waals surface area (Å²) in [5, 5.41) is 3.46. The number of hydrogen-bond donors (Lipinski definition) is 1. The topological polar surface area (TPSA) is 78.7 Å². The molecule has 0 saturated carbocycles. The second-order valence-corrected chi connectivity index (χ2v) is 7.07. The van der Waals surface area contributed by atoms with Crippen LogP contribution in [-0.4, -0.2) is 52.9 Å². The average Bonchev–Trinajstić information content (AvgIpc) is 3.08. The summed E-state index contributed by atoms with van der Waals surface area (Å²) in [6.45, 7) is 3.66. The number of nitrogens with zero attached hydrogens (tertiary/aromatic N) is 3. The normalized spacial score (nSPS) is 14.4. The molecule has 0 unspecified atom stereocenters. The monoisotopic (exact) mass is 398 g/mol. The van der Waals surface area contributed by atoms with Crippen molar-refractivity contribution in [2.75, 3.05) is 31.5 Å². The molecule has 0 aliphatic carbocycles. The number of carbonyl (C=O) groups excluding carboxylic acids is 2. The predicted molar refractivity (Wildman–Crippen MR) is 107 cm³/mol. The summed E-state index contributed by atoms with van der Waals surface area (Å²) in [4.78, 5) is 32.9. The average molecular weight is 399 g/mol. The first-order valence-corrected chi connectivity index (χ1v) is 9.35. The molecule has 1 fully saturated rings. The van der Waals surface area contributed by atoms with Crippen molar-refractivity contribution in [3.63, 3.8) is 0 Å². The Labute approximate surface area is 166 Å². The number of hydrogen-bond acceptors (Lipinski definition) is 4. The Morgan fingerprint density at radius 3 is 2.43 bits per heavy atom. The van der Waals surface area contributed by atoms with E-state index in [0.717, 1.165) is 0 Å². The molecule has 4 rings (SSSR count). The number of benzene rings is 2. The van der Waals surface area contributed by atoms with E-state index in [2.05, 4.69) is 10.3 Å². The van der Waals surface area contributed by atoms with Gasteiger partial charge in [-0.1, -0.05) is 11.6 Å². The van der Waals surface area contributed by atoms with Crippen LogP contribution in [0.1, 0.15) is 16.2 Å². The predicted octanol–water partition coefficient (Wildman–Crippen LogP) is 3.78. The minimum absolute atomic E-state index is 0.0692. The Hall–Kier alpha value is -3.06. The second-order valence-electron chi connectivity index (χ2n) is 6.63. The number of aryl methyl sites for hydroxylation is 1. The van der Waals surface area contributed by atoms with E-state index in [1.807, 2.05) is 0 Å². The Kier molecular flexibility index (Phi) is 4.92. The summed E-state index contributed by atoms with van der Waals surface area (Å²) in [6.07, 6.45) is 0. The molecule has 8 heteroatoms. The zero-order chi connectivity index (χ0) is 19.7. The van der Waals surface area contributed by atoms with Gasteiger partial charge in [-0.05, 0) is 42.5 Å². The van der Waals surface area contributed by atoms with Crippen LogP contribution in [0.25, 0.3) is 11.1 Å². The van der Waals surface area contributed by atoms with Gasteiger partial charge in [0.15, 0.2) is 11.5 Å². The molecule has 2 heterocycles. The maximum Gasteiger partial charge on any atom is 0.321 e. The summed E-state index contributed by atoms with van der Waals surface area (Å²) in [6, 6.07) is 12.0. The van der Waals surface area contributed by atoms with Gasteiger partial charge >= 0.3 is 6.03 Å². The van der Waals surface area contributed by atoms with Crippen LogP contribution in [-0.2, 0) is 0 Å². The number of oxazole rings is 1. The van der Waals surface area contributed by atoms with E-state index in [-0.39, 0.29) is 11.9 Å². The molecule has 0 bridgehead atoms. The fourth-order valence-electron chi connectivity index (χ4n) is 3.21. The van der Waals surface area contributed by atoms with Crippen molar-refractivity contribution >= 4 is 40.3 Å². The summed E-state index contributed by atoms with van der Waals surface area (Å²) in [7, 11) is 0. The van der Waals surface area contributed by atoms with Crippen LogP contribution in [0.5, 0.6) is 0 Å². The zero-order valence-corrected chi connectivity index (χ0v) is 16.1. The molecule has 28 heavy (non-hydrogen) atoms. The quantitative estimate of drug-likeness (QED) is 0.712. The molecule has 144 valence electrons. The molecule has 0 atom stereocenters. The molecule has 2 aromatic carbocycles. The van der Waals surface area contributed by atoms with Crippen molar-refractivity contribution in [1.82, 2.24) is 14.8 Å². The van der Waals surface area contributed by atoms with Gasteiger partial charge in [-0.3, -0.25) is 4.79 Å². The summed E-state index contributed by atoms with van der Waals surface area (Å²) >= 11 is 5.86. The Morgan fingerprint density at radius 2 is 1.71 bits per heavy atom. The Morgan fingerprint density at radius 1 is 1.04 bits per heavy atom. The van der Waals surface area contributed by atoms with E-state index >= 15 is 0 Å². The zero-order valence-electron chi connectivity index (χ0n) is 15.3. The number of nitrogens with one attached hydrogen (secondary N) is 1. The van der Waals surface area contributed by atoms with Crippen LogP contribution in [0, 0.1) is 6.92 Å². The molecular weight excluding hydrogens is 380 g/mol. The first-order chi connectivity index (χ1) is 13.5. The SMILES string of the molecule is Cc1nc2cc(C(=O)N3CCN(C(=O)Nc4ccc(Cl)cc4)CC3)ccc2o1. The van der Waals surface area contributed by atoms with Gasteiger partial charge in [-0.25, -0.2) is 9.78 Å². The number of amides is 3. The summed E-state index contributed by atoms with van der Waals surface area (Å²) in [5.74, 6) is 0.500. The van der Waals surface area contributed by atoms with Gasteiger partial charge in [-0.15, -0.1) is 0 Å². The number of piperazine rings is 1. The minimum atomic E-state index is -0.186. The first-order valence-electron chi connectivity index (χ1n) is 8.97. The van der Waals surface area contributed by atoms with Crippen LogP contribution in [0.15, 0.2) is 46.9 Å². The fraction of sp³-hybridized carbons (Fsp3) is 0.250. The molecule has 0 spiro atoms. The van der Waals surface area contributed by atoms with Crippen LogP contribution in [0.4, 0.5) is 10.5 Å². The van der Waals surface area contributed by atoms with Crippen molar-refractivity contribution in [1.29, 1.82) is 0 Å². The van der Waals surface area contributed by atoms with Gasteiger partial charge < -0.3 is 19.5 Å². The highest BCUT2D eigenvalue weighted by Gasteiger charge is 2.25. The number of aromatic nitrogens is 1. The highest BCUT2D eigenvalue weighted by Crippen LogP contribution is 2.19. The van der Waals surface area contributed by atoms with E-state index in [9.17, 15) is 9.59 Å². The van der Waals surface area contributed by atoms with Gasteiger partial charge in [0.1, 0.15) is 5.52 Å². The molecule has 1 N–H and O–H groups in total. The second kappa shape index (κ2) is 7.52. The number of halogens is 1. The van der Waals surface area contributed by atoms with Crippen molar-refractivity contribution in [3.8, 4) is 0 Å². The molecule has 0 radical (unpaired) electrons. The molecule has 1 saturated heterocycles. The number of rotatable bonds is 2. The van der Waals surface area contributed by atoms with Gasteiger partial charge in [0, 0.05) is 49.4 Å². The van der Waals surface area contributed by atoms with E-state index < -0.39 is 0 Å².